The first kappa shape index (κ1) is 17.9. The number of methoxy groups -OCH3 is 2. The maximum atomic E-state index is 6.09. The summed E-state index contributed by atoms with van der Waals surface area (Å²) in [5.74, 6) is 0. The molecule has 1 saturated carbocycles. The van der Waals surface area contributed by atoms with Gasteiger partial charge in [-0.3, -0.25) is 4.90 Å². The molecule has 0 aromatic heterocycles. The average Bonchev–Trinajstić information content (AvgIpc) is 2.48. The zero-order valence-electron chi connectivity index (χ0n) is 13.7. The molecule has 1 unspecified atom stereocenters. The Balaban J connectivity index is 2.49. The van der Waals surface area contributed by atoms with Crippen LogP contribution in [0.15, 0.2) is 0 Å². The average molecular weight is 286 g/mol. The summed E-state index contributed by atoms with van der Waals surface area (Å²) in [6.45, 7) is 6.70. The van der Waals surface area contributed by atoms with Crippen molar-refractivity contribution in [1.82, 2.24) is 4.90 Å². The van der Waals surface area contributed by atoms with Gasteiger partial charge in [-0.15, -0.1) is 0 Å². The van der Waals surface area contributed by atoms with Crippen LogP contribution >= 0.6 is 0 Å². The Hall–Kier alpha value is -0.160. The monoisotopic (exact) mass is 286 g/mol. The van der Waals surface area contributed by atoms with Crippen molar-refractivity contribution in [3.8, 4) is 0 Å². The molecule has 1 aliphatic carbocycles. The van der Waals surface area contributed by atoms with Crippen molar-refractivity contribution in [2.75, 3.05) is 47.1 Å². The van der Waals surface area contributed by atoms with Gasteiger partial charge in [0.15, 0.2) is 0 Å². The Morgan fingerprint density at radius 1 is 1.10 bits per heavy atom. The fourth-order valence-electron chi connectivity index (χ4n) is 3.35. The van der Waals surface area contributed by atoms with Gasteiger partial charge in [0.1, 0.15) is 0 Å². The van der Waals surface area contributed by atoms with Crippen LogP contribution in [0.5, 0.6) is 0 Å². The van der Waals surface area contributed by atoms with Crippen LogP contribution in [0, 0.1) is 5.41 Å². The van der Waals surface area contributed by atoms with Gasteiger partial charge in [0, 0.05) is 26.8 Å². The number of rotatable bonds is 10. The molecule has 0 aliphatic heterocycles. The van der Waals surface area contributed by atoms with Crippen molar-refractivity contribution in [2.24, 2.45) is 11.1 Å². The second kappa shape index (κ2) is 9.72. The maximum Gasteiger partial charge on any atom is 0.0615 e. The number of nitrogens with two attached hydrogens (primary N) is 1. The van der Waals surface area contributed by atoms with E-state index < -0.39 is 0 Å². The van der Waals surface area contributed by atoms with Gasteiger partial charge in [-0.25, -0.2) is 0 Å². The van der Waals surface area contributed by atoms with E-state index in [2.05, 4.69) is 11.8 Å². The van der Waals surface area contributed by atoms with Gasteiger partial charge in [-0.2, -0.15) is 0 Å². The van der Waals surface area contributed by atoms with E-state index in [1.54, 1.807) is 14.2 Å². The van der Waals surface area contributed by atoms with Crippen molar-refractivity contribution in [1.29, 1.82) is 0 Å². The first-order valence-corrected chi connectivity index (χ1v) is 8.09. The summed E-state index contributed by atoms with van der Waals surface area (Å²) in [5.41, 5.74) is 6.48. The number of nitrogens with zero attached hydrogens (tertiary/aromatic N) is 1. The zero-order chi connectivity index (χ0) is 14.8. The van der Waals surface area contributed by atoms with E-state index >= 15 is 0 Å². The second-order valence-corrected chi connectivity index (χ2v) is 6.35. The Kier molecular flexibility index (Phi) is 8.69. The SMILES string of the molecule is COCCN(CCC1(CN)CCCCC1)C(C)COC. The molecule has 1 aliphatic rings. The Labute approximate surface area is 125 Å². The lowest BCUT2D eigenvalue weighted by Crippen LogP contribution is -2.43. The predicted molar refractivity (Wildman–Crippen MR) is 84.0 cm³/mol. The van der Waals surface area contributed by atoms with E-state index in [0.717, 1.165) is 32.8 Å². The molecule has 4 nitrogen and oxygen atoms in total. The lowest BCUT2D eigenvalue weighted by molar-refractivity contribution is 0.0591. The second-order valence-electron chi connectivity index (χ2n) is 6.35. The molecule has 1 atom stereocenters. The fraction of sp³-hybridized carbons (Fsp3) is 1.00. The molecular weight excluding hydrogens is 252 g/mol. The summed E-state index contributed by atoms with van der Waals surface area (Å²) in [6.07, 6.45) is 7.91. The van der Waals surface area contributed by atoms with Crippen LogP contribution in [0.1, 0.15) is 45.4 Å². The number of hydrogen-bond acceptors (Lipinski definition) is 4. The number of hydrogen-bond donors (Lipinski definition) is 1. The van der Waals surface area contributed by atoms with Crippen LogP contribution in [0.3, 0.4) is 0 Å². The van der Waals surface area contributed by atoms with Crippen LogP contribution < -0.4 is 5.73 Å². The van der Waals surface area contributed by atoms with E-state index in [9.17, 15) is 0 Å². The number of ether oxygens (including phenoxy) is 2. The molecule has 0 aromatic carbocycles. The van der Waals surface area contributed by atoms with E-state index in [1.165, 1.54) is 38.5 Å². The highest BCUT2D eigenvalue weighted by atomic mass is 16.5. The van der Waals surface area contributed by atoms with Gasteiger partial charge in [-0.05, 0) is 44.7 Å². The molecule has 4 heteroatoms. The van der Waals surface area contributed by atoms with Crippen molar-refractivity contribution in [3.63, 3.8) is 0 Å². The molecule has 0 aromatic rings. The Morgan fingerprint density at radius 2 is 1.80 bits per heavy atom. The molecule has 0 spiro atoms. The Bertz CT molecular complexity index is 243. The highest BCUT2D eigenvalue weighted by Crippen LogP contribution is 2.38. The maximum absolute atomic E-state index is 6.09. The highest BCUT2D eigenvalue weighted by molar-refractivity contribution is 4.85. The summed E-state index contributed by atoms with van der Waals surface area (Å²) in [6, 6.07) is 0.438. The summed E-state index contributed by atoms with van der Waals surface area (Å²) in [5, 5.41) is 0. The third-order valence-electron chi connectivity index (χ3n) is 4.89. The van der Waals surface area contributed by atoms with Crippen LogP contribution in [0.4, 0.5) is 0 Å². The minimum Gasteiger partial charge on any atom is -0.383 e. The van der Waals surface area contributed by atoms with E-state index in [1.807, 2.05) is 0 Å². The lowest BCUT2D eigenvalue weighted by atomic mass is 9.72. The first-order valence-electron chi connectivity index (χ1n) is 8.09. The summed E-state index contributed by atoms with van der Waals surface area (Å²) >= 11 is 0. The topological polar surface area (TPSA) is 47.7 Å². The van der Waals surface area contributed by atoms with Gasteiger partial charge >= 0.3 is 0 Å². The van der Waals surface area contributed by atoms with Gasteiger partial charge in [0.2, 0.25) is 0 Å². The minimum atomic E-state index is 0.385. The largest absolute Gasteiger partial charge is 0.383 e. The van der Waals surface area contributed by atoms with Gasteiger partial charge in [-0.1, -0.05) is 19.3 Å². The standard InChI is InChI=1S/C16H34N2O2/c1-15(13-20-3)18(11-12-19-2)10-9-16(14-17)7-5-4-6-8-16/h15H,4-14,17H2,1-3H3. The fourth-order valence-corrected chi connectivity index (χ4v) is 3.35. The van der Waals surface area contributed by atoms with Crippen LogP contribution in [0.25, 0.3) is 0 Å². The van der Waals surface area contributed by atoms with Crippen LogP contribution in [0.2, 0.25) is 0 Å². The van der Waals surface area contributed by atoms with Crippen LogP contribution in [-0.4, -0.2) is 58.0 Å². The minimum absolute atomic E-state index is 0.385. The van der Waals surface area contributed by atoms with E-state index in [0.29, 0.717) is 11.5 Å². The Morgan fingerprint density at radius 3 is 2.35 bits per heavy atom. The molecular formula is C16H34N2O2. The van der Waals surface area contributed by atoms with Crippen LogP contribution in [-0.2, 0) is 9.47 Å². The van der Waals surface area contributed by atoms with E-state index in [4.69, 9.17) is 15.2 Å². The van der Waals surface area contributed by atoms with Gasteiger partial charge < -0.3 is 15.2 Å². The molecule has 0 amide bonds. The quantitative estimate of drug-likeness (QED) is 0.669. The molecule has 1 fully saturated rings. The van der Waals surface area contributed by atoms with Gasteiger partial charge in [0.25, 0.3) is 0 Å². The molecule has 120 valence electrons. The lowest BCUT2D eigenvalue weighted by Gasteiger charge is -2.39. The summed E-state index contributed by atoms with van der Waals surface area (Å²) in [7, 11) is 3.54. The van der Waals surface area contributed by atoms with Crippen molar-refractivity contribution >= 4 is 0 Å². The third-order valence-corrected chi connectivity index (χ3v) is 4.89. The van der Waals surface area contributed by atoms with Crippen molar-refractivity contribution < 1.29 is 9.47 Å². The molecule has 0 heterocycles. The smallest absolute Gasteiger partial charge is 0.0615 e. The molecule has 2 N–H and O–H groups in total. The third kappa shape index (κ3) is 5.68. The summed E-state index contributed by atoms with van der Waals surface area (Å²) < 4.78 is 10.5. The molecule has 0 saturated heterocycles. The molecule has 1 rings (SSSR count). The summed E-state index contributed by atoms with van der Waals surface area (Å²) in [4.78, 5) is 2.49. The molecule has 0 radical (unpaired) electrons. The molecule has 20 heavy (non-hydrogen) atoms. The molecule has 0 bridgehead atoms. The first-order chi connectivity index (χ1) is 9.67. The van der Waals surface area contributed by atoms with E-state index in [-0.39, 0.29) is 0 Å². The van der Waals surface area contributed by atoms with Crippen molar-refractivity contribution in [3.05, 3.63) is 0 Å². The predicted octanol–water partition coefficient (Wildman–Crippen LogP) is 2.27. The highest BCUT2D eigenvalue weighted by Gasteiger charge is 2.31. The normalized spacial score (nSPS) is 20.2. The van der Waals surface area contributed by atoms with Crippen molar-refractivity contribution in [2.45, 2.75) is 51.5 Å². The zero-order valence-corrected chi connectivity index (χ0v) is 13.7. The van der Waals surface area contributed by atoms with Gasteiger partial charge in [0.05, 0.1) is 13.2 Å².